The molecule has 0 aromatic heterocycles. The van der Waals surface area contributed by atoms with Crippen LogP contribution in [-0.2, 0) is 14.3 Å². The SMILES string of the molecule is CC(NC(=O)C(C)N1CCC(C(=O)N2CCOCC2)CC1)c1ccc(Cl)cc1Cl. The van der Waals surface area contributed by atoms with E-state index in [4.69, 9.17) is 27.9 Å². The minimum Gasteiger partial charge on any atom is -0.378 e. The second-order valence-electron chi connectivity index (χ2n) is 7.82. The van der Waals surface area contributed by atoms with Crippen LogP contribution in [0.25, 0.3) is 0 Å². The molecule has 2 heterocycles. The molecular formula is C21H29Cl2N3O3. The summed E-state index contributed by atoms with van der Waals surface area (Å²) in [5, 5.41) is 4.15. The molecule has 2 fully saturated rings. The molecule has 0 bridgehead atoms. The van der Waals surface area contributed by atoms with E-state index in [1.54, 1.807) is 12.1 Å². The molecule has 3 rings (SSSR count). The number of nitrogens with zero attached hydrogens (tertiary/aromatic N) is 2. The highest BCUT2D eigenvalue weighted by Gasteiger charge is 2.32. The van der Waals surface area contributed by atoms with Crippen LogP contribution in [0.3, 0.4) is 0 Å². The summed E-state index contributed by atoms with van der Waals surface area (Å²) in [5.41, 5.74) is 0.839. The van der Waals surface area contributed by atoms with E-state index in [2.05, 4.69) is 10.2 Å². The van der Waals surface area contributed by atoms with E-state index in [-0.39, 0.29) is 29.8 Å². The summed E-state index contributed by atoms with van der Waals surface area (Å²) >= 11 is 12.2. The van der Waals surface area contributed by atoms with E-state index >= 15 is 0 Å². The van der Waals surface area contributed by atoms with Crippen molar-refractivity contribution in [2.24, 2.45) is 5.92 Å². The van der Waals surface area contributed by atoms with Crippen molar-refractivity contribution in [3.8, 4) is 0 Å². The lowest BCUT2D eigenvalue weighted by Crippen LogP contribution is -2.51. The van der Waals surface area contributed by atoms with Gasteiger partial charge in [0.1, 0.15) is 0 Å². The van der Waals surface area contributed by atoms with Crippen molar-refractivity contribution >= 4 is 35.0 Å². The molecule has 2 unspecified atom stereocenters. The maximum Gasteiger partial charge on any atom is 0.237 e. The zero-order valence-electron chi connectivity index (χ0n) is 17.0. The molecule has 1 aromatic rings. The summed E-state index contributed by atoms with van der Waals surface area (Å²) in [7, 11) is 0. The number of piperidine rings is 1. The van der Waals surface area contributed by atoms with Gasteiger partial charge in [0.2, 0.25) is 11.8 Å². The number of rotatable bonds is 5. The Balaban J connectivity index is 1.49. The van der Waals surface area contributed by atoms with Gasteiger partial charge in [-0.1, -0.05) is 29.3 Å². The molecule has 160 valence electrons. The monoisotopic (exact) mass is 441 g/mol. The average Bonchev–Trinajstić information content (AvgIpc) is 2.73. The Bertz CT molecular complexity index is 732. The standard InChI is InChI=1S/C21H29Cl2N3O3/c1-14(18-4-3-17(22)13-19(18)23)24-20(27)15(2)25-7-5-16(6-8-25)21(28)26-9-11-29-12-10-26/h3-4,13-16H,5-12H2,1-2H3,(H,24,27). The van der Waals surface area contributed by atoms with Gasteiger partial charge in [0.15, 0.2) is 0 Å². The van der Waals surface area contributed by atoms with Crippen LogP contribution >= 0.6 is 23.2 Å². The normalized spacial score (nSPS) is 20.9. The quantitative estimate of drug-likeness (QED) is 0.761. The highest BCUT2D eigenvalue weighted by Crippen LogP contribution is 2.27. The first-order chi connectivity index (χ1) is 13.9. The van der Waals surface area contributed by atoms with Crippen molar-refractivity contribution < 1.29 is 14.3 Å². The number of morpholine rings is 1. The molecule has 6 nitrogen and oxygen atoms in total. The van der Waals surface area contributed by atoms with Crippen LogP contribution in [0.5, 0.6) is 0 Å². The molecule has 2 atom stereocenters. The van der Waals surface area contributed by atoms with Gasteiger partial charge < -0.3 is 15.0 Å². The van der Waals surface area contributed by atoms with Crippen LogP contribution in [0.15, 0.2) is 18.2 Å². The van der Waals surface area contributed by atoms with Crippen LogP contribution in [0, 0.1) is 5.92 Å². The maximum atomic E-state index is 12.8. The lowest BCUT2D eigenvalue weighted by atomic mass is 9.94. The van der Waals surface area contributed by atoms with Crippen molar-refractivity contribution in [1.82, 2.24) is 15.1 Å². The Kier molecular flexibility index (Phi) is 7.79. The van der Waals surface area contributed by atoms with Gasteiger partial charge in [0.05, 0.1) is 25.3 Å². The fraction of sp³-hybridized carbons (Fsp3) is 0.619. The van der Waals surface area contributed by atoms with Crippen molar-refractivity contribution in [3.63, 3.8) is 0 Å². The van der Waals surface area contributed by atoms with Gasteiger partial charge in [-0.25, -0.2) is 0 Å². The van der Waals surface area contributed by atoms with Crippen molar-refractivity contribution in [1.29, 1.82) is 0 Å². The number of likely N-dealkylation sites (tertiary alicyclic amines) is 1. The van der Waals surface area contributed by atoms with Gasteiger partial charge in [-0.3, -0.25) is 14.5 Å². The van der Waals surface area contributed by atoms with E-state index in [9.17, 15) is 9.59 Å². The molecule has 0 saturated carbocycles. The van der Waals surface area contributed by atoms with E-state index in [0.717, 1.165) is 31.5 Å². The molecule has 1 N–H and O–H groups in total. The fourth-order valence-electron chi connectivity index (χ4n) is 4.01. The third-order valence-electron chi connectivity index (χ3n) is 5.92. The van der Waals surface area contributed by atoms with E-state index < -0.39 is 0 Å². The Morgan fingerprint density at radius 1 is 1.10 bits per heavy atom. The molecule has 1 aromatic carbocycles. The van der Waals surface area contributed by atoms with Gasteiger partial charge in [0, 0.05) is 29.1 Å². The Morgan fingerprint density at radius 3 is 2.38 bits per heavy atom. The first-order valence-electron chi connectivity index (χ1n) is 10.2. The number of carbonyl (C=O) groups excluding carboxylic acids is 2. The van der Waals surface area contributed by atoms with Crippen LogP contribution in [0.4, 0.5) is 0 Å². The van der Waals surface area contributed by atoms with Gasteiger partial charge in [-0.2, -0.15) is 0 Å². The Labute approximate surface area is 182 Å². The second-order valence-corrected chi connectivity index (χ2v) is 8.66. The summed E-state index contributed by atoms with van der Waals surface area (Å²) in [6.07, 6.45) is 1.57. The van der Waals surface area contributed by atoms with Gasteiger partial charge in [-0.15, -0.1) is 0 Å². The molecule has 0 radical (unpaired) electrons. The molecule has 2 saturated heterocycles. The molecule has 0 spiro atoms. The molecule has 0 aliphatic carbocycles. The number of nitrogens with one attached hydrogen (secondary N) is 1. The first-order valence-corrected chi connectivity index (χ1v) is 11.0. The Morgan fingerprint density at radius 2 is 1.76 bits per heavy atom. The van der Waals surface area contributed by atoms with E-state index in [1.165, 1.54) is 0 Å². The van der Waals surface area contributed by atoms with Crippen LogP contribution in [-0.4, -0.2) is 67.0 Å². The number of amides is 2. The number of hydrogen-bond donors (Lipinski definition) is 1. The first kappa shape index (κ1) is 22.3. The highest BCUT2D eigenvalue weighted by atomic mass is 35.5. The summed E-state index contributed by atoms with van der Waals surface area (Å²) in [5.74, 6) is 0.240. The van der Waals surface area contributed by atoms with Crippen molar-refractivity contribution in [2.75, 3.05) is 39.4 Å². The fourth-order valence-corrected chi connectivity index (χ4v) is 4.58. The predicted molar refractivity (Wildman–Crippen MR) is 114 cm³/mol. The molecule has 29 heavy (non-hydrogen) atoms. The van der Waals surface area contributed by atoms with Crippen molar-refractivity contribution in [3.05, 3.63) is 33.8 Å². The maximum absolute atomic E-state index is 12.8. The summed E-state index contributed by atoms with van der Waals surface area (Å²) < 4.78 is 5.33. The molecular weight excluding hydrogens is 413 g/mol. The zero-order chi connectivity index (χ0) is 21.0. The number of carbonyl (C=O) groups is 2. The second kappa shape index (κ2) is 10.1. The molecule has 2 aliphatic rings. The third kappa shape index (κ3) is 5.63. The Hall–Kier alpha value is -1.34. The van der Waals surface area contributed by atoms with E-state index in [1.807, 2.05) is 24.8 Å². The largest absolute Gasteiger partial charge is 0.378 e. The van der Waals surface area contributed by atoms with Crippen LogP contribution in [0.2, 0.25) is 10.0 Å². The number of ether oxygens (including phenoxy) is 1. The highest BCUT2D eigenvalue weighted by molar-refractivity contribution is 6.35. The topological polar surface area (TPSA) is 61.9 Å². The summed E-state index contributed by atoms with van der Waals surface area (Å²) in [4.78, 5) is 29.5. The lowest BCUT2D eigenvalue weighted by molar-refractivity contribution is -0.141. The third-order valence-corrected chi connectivity index (χ3v) is 6.48. The van der Waals surface area contributed by atoms with Crippen LogP contribution in [0.1, 0.15) is 38.3 Å². The number of halogens is 2. The molecule has 8 heteroatoms. The number of hydrogen-bond acceptors (Lipinski definition) is 4. The van der Waals surface area contributed by atoms with E-state index in [0.29, 0.717) is 36.3 Å². The van der Waals surface area contributed by atoms with Gasteiger partial charge in [-0.05, 0) is 57.5 Å². The van der Waals surface area contributed by atoms with Crippen molar-refractivity contribution in [2.45, 2.75) is 38.8 Å². The summed E-state index contributed by atoms with van der Waals surface area (Å²) in [6, 6.07) is 4.81. The smallest absolute Gasteiger partial charge is 0.237 e. The van der Waals surface area contributed by atoms with Crippen LogP contribution < -0.4 is 5.32 Å². The lowest BCUT2D eigenvalue weighted by Gasteiger charge is -2.37. The predicted octanol–water partition coefficient (Wildman–Crippen LogP) is 3.13. The molecule has 2 amide bonds. The minimum absolute atomic E-state index is 0.0403. The zero-order valence-corrected chi connectivity index (χ0v) is 18.5. The van der Waals surface area contributed by atoms with Gasteiger partial charge in [0.25, 0.3) is 0 Å². The summed E-state index contributed by atoms with van der Waals surface area (Å²) in [6.45, 7) is 7.92. The minimum atomic E-state index is -0.261. The average molecular weight is 442 g/mol. The van der Waals surface area contributed by atoms with Gasteiger partial charge >= 0.3 is 0 Å². The number of benzene rings is 1. The molecule has 2 aliphatic heterocycles.